The quantitative estimate of drug-likeness (QED) is 0.756. The van der Waals surface area contributed by atoms with Gasteiger partial charge in [0.05, 0.1) is 0 Å². The summed E-state index contributed by atoms with van der Waals surface area (Å²) in [6.07, 6.45) is 1.57. The van der Waals surface area contributed by atoms with E-state index in [1.165, 1.54) is 5.56 Å². The van der Waals surface area contributed by atoms with Gasteiger partial charge < -0.3 is 5.32 Å². The molecule has 1 fully saturated rings. The topological polar surface area (TPSA) is 29.1 Å². The van der Waals surface area contributed by atoms with Crippen LogP contribution in [0.15, 0.2) is 24.3 Å². The van der Waals surface area contributed by atoms with Gasteiger partial charge in [-0.15, -0.1) is 0 Å². The molecular formula is C11H12ClNO. The molecule has 0 spiro atoms. The standard InChI is InChI=1S/C11H12ClNO/c12-10-4-1-8(2-5-10)9-3-6-11(14)13-7-9/h1-2,4-5,9H,3,6-7H2,(H,13,14)/t9-/m0/s1. The van der Waals surface area contributed by atoms with Crippen LogP contribution in [0.1, 0.15) is 24.3 Å². The first-order chi connectivity index (χ1) is 6.75. The van der Waals surface area contributed by atoms with Crippen LogP contribution < -0.4 is 5.32 Å². The molecule has 0 aliphatic carbocycles. The van der Waals surface area contributed by atoms with Gasteiger partial charge in [0.2, 0.25) is 5.91 Å². The van der Waals surface area contributed by atoms with E-state index in [-0.39, 0.29) is 5.91 Å². The van der Waals surface area contributed by atoms with E-state index >= 15 is 0 Å². The minimum Gasteiger partial charge on any atom is -0.355 e. The Kier molecular flexibility index (Phi) is 2.73. The number of amides is 1. The molecule has 0 unspecified atom stereocenters. The number of hydrogen-bond donors (Lipinski definition) is 1. The minimum absolute atomic E-state index is 0.162. The molecule has 1 aromatic rings. The maximum atomic E-state index is 11.0. The van der Waals surface area contributed by atoms with Crippen molar-refractivity contribution in [1.29, 1.82) is 0 Å². The van der Waals surface area contributed by atoms with Crippen LogP contribution in [-0.4, -0.2) is 12.5 Å². The van der Waals surface area contributed by atoms with E-state index in [2.05, 4.69) is 5.32 Å². The molecule has 14 heavy (non-hydrogen) atoms. The van der Waals surface area contributed by atoms with Crippen LogP contribution in [0.4, 0.5) is 0 Å². The summed E-state index contributed by atoms with van der Waals surface area (Å²) in [5, 5.41) is 3.63. The second kappa shape index (κ2) is 4.01. The van der Waals surface area contributed by atoms with Crippen molar-refractivity contribution in [1.82, 2.24) is 5.32 Å². The third kappa shape index (κ3) is 2.07. The fourth-order valence-electron chi connectivity index (χ4n) is 1.75. The summed E-state index contributed by atoms with van der Waals surface area (Å²) >= 11 is 5.80. The van der Waals surface area contributed by atoms with Crippen LogP contribution in [0.3, 0.4) is 0 Å². The van der Waals surface area contributed by atoms with Crippen molar-refractivity contribution >= 4 is 17.5 Å². The summed E-state index contributed by atoms with van der Waals surface area (Å²) in [6, 6.07) is 7.86. The fourth-order valence-corrected chi connectivity index (χ4v) is 1.88. The summed E-state index contributed by atoms with van der Waals surface area (Å²) in [4.78, 5) is 11.0. The molecule has 3 heteroatoms. The molecule has 1 heterocycles. The second-order valence-corrected chi connectivity index (χ2v) is 4.03. The van der Waals surface area contributed by atoms with Crippen LogP contribution in [0, 0.1) is 0 Å². The lowest BCUT2D eigenvalue weighted by atomic mass is 9.91. The predicted molar refractivity (Wildman–Crippen MR) is 56.4 cm³/mol. The summed E-state index contributed by atoms with van der Waals surface area (Å²) in [6.45, 7) is 0.750. The molecule has 0 radical (unpaired) electrons. The monoisotopic (exact) mass is 209 g/mol. The van der Waals surface area contributed by atoms with E-state index in [1.54, 1.807) is 0 Å². The zero-order valence-corrected chi connectivity index (χ0v) is 8.55. The highest BCUT2D eigenvalue weighted by Crippen LogP contribution is 2.24. The van der Waals surface area contributed by atoms with Crippen LogP contribution >= 0.6 is 11.6 Å². The first-order valence-corrected chi connectivity index (χ1v) is 5.15. The van der Waals surface area contributed by atoms with Crippen molar-refractivity contribution < 1.29 is 4.79 Å². The van der Waals surface area contributed by atoms with Gasteiger partial charge in [-0.05, 0) is 24.1 Å². The molecule has 1 atom stereocenters. The highest BCUT2D eigenvalue weighted by atomic mass is 35.5. The van der Waals surface area contributed by atoms with Gasteiger partial charge in [0, 0.05) is 23.9 Å². The second-order valence-electron chi connectivity index (χ2n) is 3.59. The van der Waals surface area contributed by atoms with Gasteiger partial charge in [0.25, 0.3) is 0 Å². The maximum Gasteiger partial charge on any atom is 0.220 e. The van der Waals surface area contributed by atoms with E-state index in [0.717, 1.165) is 18.0 Å². The number of hydrogen-bond acceptors (Lipinski definition) is 1. The Morgan fingerprint density at radius 2 is 2.00 bits per heavy atom. The zero-order chi connectivity index (χ0) is 9.97. The zero-order valence-electron chi connectivity index (χ0n) is 7.79. The number of nitrogens with one attached hydrogen (secondary N) is 1. The highest BCUT2D eigenvalue weighted by Gasteiger charge is 2.18. The van der Waals surface area contributed by atoms with Crippen molar-refractivity contribution in [2.24, 2.45) is 0 Å². The number of rotatable bonds is 1. The van der Waals surface area contributed by atoms with E-state index in [9.17, 15) is 4.79 Å². The highest BCUT2D eigenvalue weighted by molar-refractivity contribution is 6.30. The van der Waals surface area contributed by atoms with Crippen molar-refractivity contribution in [3.8, 4) is 0 Å². The van der Waals surface area contributed by atoms with Crippen molar-refractivity contribution in [2.45, 2.75) is 18.8 Å². The Bertz CT molecular complexity index is 324. The lowest BCUT2D eigenvalue weighted by molar-refractivity contribution is -0.122. The SMILES string of the molecule is O=C1CC[C@H](c2ccc(Cl)cc2)CN1. The minimum atomic E-state index is 0.162. The number of benzene rings is 1. The number of piperidine rings is 1. The first kappa shape index (κ1) is 9.53. The molecule has 1 aliphatic heterocycles. The van der Waals surface area contributed by atoms with Crippen LogP contribution in [-0.2, 0) is 4.79 Å². The number of carbonyl (C=O) groups excluding carboxylic acids is 1. The maximum absolute atomic E-state index is 11.0. The van der Waals surface area contributed by atoms with Crippen molar-refractivity contribution in [3.63, 3.8) is 0 Å². The number of carbonyl (C=O) groups is 1. The number of halogens is 1. The summed E-state index contributed by atoms with van der Waals surface area (Å²) < 4.78 is 0. The van der Waals surface area contributed by atoms with E-state index in [4.69, 9.17) is 11.6 Å². The van der Waals surface area contributed by atoms with Crippen molar-refractivity contribution in [2.75, 3.05) is 6.54 Å². The lowest BCUT2D eigenvalue weighted by Gasteiger charge is -2.22. The Morgan fingerprint density at radius 1 is 1.29 bits per heavy atom. The molecule has 1 amide bonds. The summed E-state index contributed by atoms with van der Waals surface area (Å²) in [5.74, 6) is 0.611. The predicted octanol–water partition coefficient (Wildman–Crippen LogP) is 2.33. The smallest absolute Gasteiger partial charge is 0.220 e. The van der Waals surface area contributed by atoms with Gasteiger partial charge in [-0.1, -0.05) is 23.7 Å². The van der Waals surface area contributed by atoms with Gasteiger partial charge in [0.1, 0.15) is 0 Å². The molecule has 1 aromatic carbocycles. The van der Waals surface area contributed by atoms with E-state index in [1.807, 2.05) is 24.3 Å². The molecule has 2 rings (SSSR count). The van der Waals surface area contributed by atoms with Crippen LogP contribution in [0.2, 0.25) is 5.02 Å². The normalized spacial score (nSPS) is 21.8. The largest absolute Gasteiger partial charge is 0.355 e. The Hall–Kier alpha value is -1.02. The van der Waals surface area contributed by atoms with Crippen LogP contribution in [0.25, 0.3) is 0 Å². The average Bonchev–Trinajstić information content (AvgIpc) is 2.21. The third-order valence-electron chi connectivity index (χ3n) is 2.61. The summed E-state index contributed by atoms with van der Waals surface area (Å²) in [7, 11) is 0. The molecule has 0 saturated carbocycles. The molecule has 1 N–H and O–H groups in total. The molecule has 74 valence electrons. The Morgan fingerprint density at radius 3 is 2.57 bits per heavy atom. The molecule has 2 nitrogen and oxygen atoms in total. The van der Waals surface area contributed by atoms with Gasteiger partial charge in [-0.25, -0.2) is 0 Å². The first-order valence-electron chi connectivity index (χ1n) is 4.78. The Labute approximate surface area is 88.3 Å². The molecule has 1 aliphatic rings. The Balaban J connectivity index is 2.08. The lowest BCUT2D eigenvalue weighted by Crippen LogP contribution is -2.33. The molecule has 1 saturated heterocycles. The summed E-state index contributed by atoms with van der Waals surface area (Å²) in [5.41, 5.74) is 1.26. The fraction of sp³-hybridized carbons (Fsp3) is 0.364. The average molecular weight is 210 g/mol. The molecular weight excluding hydrogens is 198 g/mol. The van der Waals surface area contributed by atoms with Gasteiger partial charge in [-0.2, -0.15) is 0 Å². The van der Waals surface area contributed by atoms with Gasteiger partial charge >= 0.3 is 0 Å². The third-order valence-corrected chi connectivity index (χ3v) is 2.86. The van der Waals surface area contributed by atoms with E-state index in [0.29, 0.717) is 12.3 Å². The molecule has 0 bridgehead atoms. The van der Waals surface area contributed by atoms with Crippen LogP contribution in [0.5, 0.6) is 0 Å². The van der Waals surface area contributed by atoms with E-state index < -0.39 is 0 Å². The van der Waals surface area contributed by atoms with Gasteiger partial charge in [0.15, 0.2) is 0 Å². The van der Waals surface area contributed by atoms with Crippen molar-refractivity contribution in [3.05, 3.63) is 34.9 Å². The molecule has 0 aromatic heterocycles. The van der Waals surface area contributed by atoms with Gasteiger partial charge in [-0.3, -0.25) is 4.79 Å².